The molecule has 0 heterocycles. The SMILES string of the molecule is C=CCOc1ccc(C(=O)NNC(=O)COc2ccc(C(C)(C)C)cc2)cc1. The van der Waals surface area contributed by atoms with Crippen molar-refractivity contribution in [1.29, 1.82) is 0 Å². The van der Waals surface area contributed by atoms with E-state index in [4.69, 9.17) is 9.47 Å². The largest absolute Gasteiger partial charge is 0.490 e. The van der Waals surface area contributed by atoms with Crippen molar-refractivity contribution in [3.05, 3.63) is 72.3 Å². The van der Waals surface area contributed by atoms with Crippen LogP contribution in [0.15, 0.2) is 61.2 Å². The first-order chi connectivity index (χ1) is 13.3. The highest BCUT2D eigenvalue weighted by Crippen LogP contribution is 2.24. The highest BCUT2D eigenvalue weighted by Gasteiger charge is 2.13. The lowest BCUT2D eigenvalue weighted by molar-refractivity contribution is -0.123. The molecule has 0 atom stereocenters. The van der Waals surface area contributed by atoms with Crippen molar-refractivity contribution < 1.29 is 19.1 Å². The van der Waals surface area contributed by atoms with Gasteiger partial charge in [-0.3, -0.25) is 20.4 Å². The molecule has 2 aromatic carbocycles. The fourth-order valence-corrected chi connectivity index (χ4v) is 2.29. The summed E-state index contributed by atoms with van der Waals surface area (Å²) in [6, 6.07) is 14.1. The zero-order chi connectivity index (χ0) is 20.6. The number of carbonyl (C=O) groups excluding carboxylic acids is 2. The summed E-state index contributed by atoms with van der Waals surface area (Å²) in [5, 5.41) is 0. The minimum atomic E-state index is -0.459. The van der Waals surface area contributed by atoms with Crippen LogP contribution in [0, 0.1) is 0 Å². The summed E-state index contributed by atoms with van der Waals surface area (Å²) in [4.78, 5) is 23.9. The predicted molar refractivity (Wildman–Crippen MR) is 108 cm³/mol. The number of nitrogens with one attached hydrogen (secondary N) is 2. The second kappa shape index (κ2) is 9.60. The zero-order valence-electron chi connectivity index (χ0n) is 16.5. The monoisotopic (exact) mass is 382 g/mol. The van der Waals surface area contributed by atoms with Crippen LogP contribution >= 0.6 is 0 Å². The van der Waals surface area contributed by atoms with Crippen molar-refractivity contribution in [3.8, 4) is 11.5 Å². The number of carbonyl (C=O) groups is 2. The van der Waals surface area contributed by atoms with E-state index >= 15 is 0 Å². The van der Waals surface area contributed by atoms with Gasteiger partial charge in [-0.05, 0) is 47.4 Å². The molecule has 2 N–H and O–H groups in total. The van der Waals surface area contributed by atoms with Gasteiger partial charge in [0.25, 0.3) is 11.8 Å². The molecule has 0 saturated carbocycles. The molecule has 6 heteroatoms. The lowest BCUT2D eigenvalue weighted by Gasteiger charge is -2.19. The van der Waals surface area contributed by atoms with Gasteiger partial charge in [-0.1, -0.05) is 45.6 Å². The minimum absolute atomic E-state index is 0.0518. The molecule has 28 heavy (non-hydrogen) atoms. The Labute approximate surface area is 165 Å². The summed E-state index contributed by atoms with van der Waals surface area (Å²) in [5.41, 5.74) is 6.30. The predicted octanol–water partition coefficient (Wildman–Crippen LogP) is 3.39. The smallest absolute Gasteiger partial charge is 0.276 e. The third kappa shape index (κ3) is 6.46. The highest BCUT2D eigenvalue weighted by atomic mass is 16.5. The Morgan fingerprint density at radius 2 is 1.50 bits per heavy atom. The van der Waals surface area contributed by atoms with Gasteiger partial charge >= 0.3 is 0 Å². The molecule has 2 aromatic rings. The molecular formula is C22H26N2O4. The summed E-state index contributed by atoms with van der Waals surface area (Å²) < 4.78 is 10.8. The van der Waals surface area contributed by atoms with E-state index in [9.17, 15) is 9.59 Å². The van der Waals surface area contributed by atoms with Crippen molar-refractivity contribution in [2.45, 2.75) is 26.2 Å². The van der Waals surface area contributed by atoms with Crippen molar-refractivity contribution >= 4 is 11.8 Å². The van der Waals surface area contributed by atoms with Gasteiger partial charge in [-0.15, -0.1) is 0 Å². The number of hydrazine groups is 1. The minimum Gasteiger partial charge on any atom is -0.490 e. The quantitative estimate of drug-likeness (QED) is 0.568. The van der Waals surface area contributed by atoms with Crippen LogP contribution in [0.4, 0.5) is 0 Å². The number of ether oxygens (including phenoxy) is 2. The Hall–Kier alpha value is -3.28. The molecule has 0 saturated heterocycles. The van der Waals surface area contributed by atoms with Crippen LogP contribution in [0.2, 0.25) is 0 Å². The fourth-order valence-electron chi connectivity index (χ4n) is 2.29. The second-order valence-electron chi connectivity index (χ2n) is 7.19. The zero-order valence-corrected chi connectivity index (χ0v) is 16.5. The van der Waals surface area contributed by atoms with Gasteiger partial charge in [-0.2, -0.15) is 0 Å². The van der Waals surface area contributed by atoms with Crippen LogP contribution in [-0.4, -0.2) is 25.0 Å². The molecule has 0 aliphatic rings. The van der Waals surface area contributed by atoms with E-state index in [-0.39, 0.29) is 12.0 Å². The molecule has 0 spiro atoms. The third-order valence-electron chi connectivity index (χ3n) is 3.89. The van der Waals surface area contributed by atoms with Crippen LogP contribution in [-0.2, 0) is 10.2 Å². The molecule has 0 bridgehead atoms. The molecule has 2 amide bonds. The Kier molecular flexibility index (Phi) is 7.21. The Morgan fingerprint density at radius 1 is 0.929 bits per heavy atom. The van der Waals surface area contributed by atoms with Gasteiger partial charge in [0, 0.05) is 5.56 Å². The maximum Gasteiger partial charge on any atom is 0.276 e. The average Bonchev–Trinajstić information content (AvgIpc) is 2.69. The number of amides is 2. The Balaban J connectivity index is 1.77. The standard InChI is InChI=1S/C22H26N2O4/c1-5-14-27-18-10-6-16(7-11-18)21(26)24-23-20(25)15-28-19-12-8-17(9-13-19)22(2,3)4/h5-13H,1,14-15H2,2-4H3,(H,23,25)(H,24,26). The van der Waals surface area contributed by atoms with E-state index in [0.29, 0.717) is 23.7 Å². The average molecular weight is 382 g/mol. The number of rotatable bonds is 7. The summed E-state index contributed by atoms with van der Waals surface area (Å²) in [7, 11) is 0. The third-order valence-corrected chi connectivity index (χ3v) is 3.89. The van der Waals surface area contributed by atoms with Crippen LogP contribution in [0.1, 0.15) is 36.7 Å². The Morgan fingerprint density at radius 3 is 2.07 bits per heavy atom. The van der Waals surface area contributed by atoms with Crippen LogP contribution in [0.5, 0.6) is 11.5 Å². The van der Waals surface area contributed by atoms with Crippen molar-refractivity contribution in [2.75, 3.05) is 13.2 Å². The normalized spacial score (nSPS) is 10.7. The summed E-state index contributed by atoms with van der Waals surface area (Å²) >= 11 is 0. The van der Waals surface area contributed by atoms with Gasteiger partial charge in [0.1, 0.15) is 18.1 Å². The molecule has 0 fully saturated rings. The molecule has 0 aromatic heterocycles. The van der Waals surface area contributed by atoms with E-state index in [0.717, 1.165) is 0 Å². The molecule has 0 radical (unpaired) electrons. The lowest BCUT2D eigenvalue weighted by atomic mass is 9.87. The molecular weight excluding hydrogens is 356 g/mol. The van der Waals surface area contributed by atoms with Gasteiger partial charge < -0.3 is 9.47 Å². The number of hydrogen-bond donors (Lipinski definition) is 2. The van der Waals surface area contributed by atoms with Gasteiger partial charge in [0.15, 0.2) is 6.61 Å². The van der Waals surface area contributed by atoms with Crippen molar-refractivity contribution in [3.63, 3.8) is 0 Å². The van der Waals surface area contributed by atoms with E-state index in [1.54, 1.807) is 30.3 Å². The maximum atomic E-state index is 12.1. The first-order valence-electron chi connectivity index (χ1n) is 8.96. The number of hydrogen-bond acceptors (Lipinski definition) is 4. The van der Waals surface area contributed by atoms with Crippen LogP contribution in [0.25, 0.3) is 0 Å². The molecule has 0 unspecified atom stereocenters. The molecule has 6 nitrogen and oxygen atoms in total. The molecule has 0 aliphatic heterocycles. The Bertz CT molecular complexity index is 806. The summed E-state index contributed by atoms with van der Waals surface area (Å²) in [6.07, 6.45) is 1.64. The van der Waals surface area contributed by atoms with Crippen molar-refractivity contribution in [1.82, 2.24) is 10.9 Å². The van der Waals surface area contributed by atoms with Gasteiger partial charge in [-0.25, -0.2) is 0 Å². The summed E-state index contributed by atoms with van der Waals surface area (Å²) in [6.45, 7) is 10.1. The highest BCUT2D eigenvalue weighted by molar-refractivity contribution is 5.95. The molecule has 148 valence electrons. The van der Waals surface area contributed by atoms with Crippen LogP contribution < -0.4 is 20.3 Å². The van der Waals surface area contributed by atoms with Crippen molar-refractivity contribution in [2.24, 2.45) is 0 Å². The van der Waals surface area contributed by atoms with Crippen LogP contribution in [0.3, 0.4) is 0 Å². The fraction of sp³-hybridized carbons (Fsp3) is 0.273. The van der Waals surface area contributed by atoms with Gasteiger partial charge in [0.2, 0.25) is 0 Å². The van der Waals surface area contributed by atoms with E-state index in [2.05, 4.69) is 38.2 Å². The van der Waals surface area contributed by atoms with Gasteiger partial charge in [0.05, 0.1) is 0 Å². The maximum absolute atomic E-state index is 12.1. The topological polar surface area (TPSA) is 76.7 Å². The number of benzene rings is 2. The van der Waals surface area contributed by atoms with E-state index < -0.39 is 11.8 Å². The molecule has 0 aliphatic carbocycles. The van der Waals surface area contributed by atoms with E-state index in [1.165, 1.54) is 5.56 Å². The summed E-state index contributed by atoms with van der Waals surface area (Å²) in [5.74, 6) is 0.327. The lowest BCUT2D eigenvalue weighted by Crippen LogP contribution is -2.43. The second-order valence-corrected chi connectivity index (χ2v) is 7.19. The molecule has 2 rings (SSSR count). The van der Waals surface area contributed by atoms with E-state index in [1.807, 2.05) is 24.3 Å². The first kappa shape index (κ1) is 21.0. The first-order valence-corrected chi connectivity index (χ1v) is 8.96.